The smallest absolute Gasteiger partial charge is 0.315 e. The second kappa shape index (κ2) is 11.9. The van der Waals surface area contributed by atoms with Crippen LogP contribution in [0.15, 0.2) is 24.3 Å². The van der Waals surface area contributed by atoms with Gasteiger partial charge in [-0.1, -0.05) is 43.0 Å². The number of carbonyl (C=O) groups is 3. The predicted molar refractivity (Wildman–Crippen MR) is 121 cm³/mol. The summed E-state index contributed by atoms with van der Waals surface area (Å²) < 4.78 is 0. The Morgan fingerprint density at radius 2 is 1.71 bits per heavy atom. The van der Waals surface area contributed by atoms with E-state index >= 15 is 0 Å². The van der Waals surface area contributed by atoms with Crippen LogP contribution < -0.4 is 16.0 Å². The van der Waals surface area contributed by atoms with E-state index in [0.29, 0.717) is 43.4 Å². The number of benzene rings is 1. The van der Waals surface area contributed by atoms with Crippen LogP contribution in [0.3, 0.4) is 0 Å². The van der Waals surface area contributed by atoms with Crippen molar-refractivity contribution in [2.24, 2.45) is 0 Å². The van der Waals surface area contributed by atoms with Crippen molar-refractivity contribution in [1.29, 1.82) is 0 Å². The van der Waals surface area contributed by atoms with Crippen molar-refractivity contribution < 1.29 is 14.4 Å². The van der Waals surface area contributed by atoms with Gasteiger partial charge >= 0.3 is 6.03 Å². The number of carbonyl (C=O) groups excluding carboxylic acids is 3. The Balaban J connectivity index is 1.30. The quantitative estimate of drug-likeness (QED) is 0.596. The lowest BCUT2D eigenvalue weighted by atomic mass is 9.96. The Bertz CT molecular complexity index is 761. The molecule has 3 N–H and O–H groups in total. The first-order valence-electron chi connectivity index (χ1n) is 11.1. The highest BCUT2D eigenvalue weighted by atomic mass is 35.5. The Kier molecular flexibility index (Phi) is 8.97. The third-order valence-electron chi connectivity index (χ3n) is 5.80. The molecule has 1 saturated heterocycles. The van der Waals surface area contributed by atoms with E-state index in [1.807, 2.05) is 17.0 Å². The summed E-state index contributed by atoms with van der Waals surface area (Å²) in [4.78, 5) is 40.5. The van der Waals surface area contributed by atoms with Gasteiger partial charge in [0.1, 0.15) is 0 Å². The molecule has 1 saturated carbocycles. The van der Waals surface area contributed by atoms with E-state index in [4.69, 9.17) is 11.6 Å². The van der Waals surface area contributed by atoms with E-state index < -0.39 is 0 Å². The standard InChI is InChI=1S/C22H32ClN5O3/c23-18-8-4-5-9-19(18)26-20(29)16-27-12-14-28(15-13-27)21(30)10-11-24-22(31)25-17-6-2-1-3-7-17/h4-5,8-9,17H,1-3,6-7,10-16H2,(H,26,29)(H2,24,25,31). The summed E-state index contributed by atoms with van der Waals surface area (Å²) in [6, 6.07) is 7.20. The van der Waals surface area contributed by atoms with Crippen LogP contribution in [0.1, 0.15) is 38.5 Å². The summed E-state index contributed by atoms with van der Waals surface area (Å²) >= 11 is 6.07. The van der Waals surface area contributed by atoms with Gasteiger partial charge in [-0.05, 0) is 25.0 Å². The van der Waals surface area contributed by atoms with Gasteiger partial charge in [0.25, 0.3) is 0 Å². The molecule has 0 bridgehead atoms. The molecule has 0 spiro atoms. The molecule has 0 aromatic heterocycles. The third kappa shape index (κ3) is 7.70. The Morgan fingerprint density at radius 1 is 1.00 bits per heavy atom. The number of para-hydroxylation sites is 1. The zero-order chi connectivity index (χ0) is 22.1. The normalized spacial score (nSPS) is 17.8. The second-order valence-electron chi connectivity index (χ2n) is 8.17. The number of piperazine rings is 1. The highest BCUT2D eigenvalue weighted by Crippen LogP contribution is 2.20. The molecule has 1 aromatic rings. The number of nitrogens with zero attached hydrogens (tertiary/aromatic N) is 2. The fourth-order valence-electron chi connectivity index (χ4n) is 4.04. The molecule has 1 aliphatic carbocycles. The summed E-state index contributed by atoms with van der Waals surface area (Å²) in [6.45, 7) is 3.02. The number of hydrogen-bond donors (Lipinski definition) is 3. The van der Waals surface area contributed by atoms with Crippen LogP contribution in [0.4, 0.5) is 10.5 Å². The molecule has 2 aliphatic rings. The van der Waals surface area contributed by atoms with Crippen LogP contribution in [-0.4, -0.2) is 73.0 Å². The van der Waals surface area contributed by atoms with Crippen molar-refractivity contribution in [2.75, 3.05) is 44.6 Å². The maximum Gasteiger partial charge on any atom is 0.315 e. The van der Waals surface area contributed by atoms with Gasteiger partial charge in [0.05, 0.1) is 17.3 Å². The topological polar surface area (TPSA) is 93.8 Å². The van der Waals surface area contributed by atoms with Crippen LogP contribution in [0.5, 0.6) is 0 Å². The van der Waals surface area contributed by atoms with Crippen LogP contribution in [0, 0.1) is 0 Å². The monoisotopic (exact) mass is 449 g/mol. The van der Waals surface area contributed by atoms with Gasteiger partial charge in [0, 0.05) is 45.2 Å². The van der Waals surface area contributed by atoms with Crippen molar-refractivity contribution in [3.05, 3.63) is 29.3 Å². The number of anilines is 1. The fourth-order valence-corrected chi connectivity index (χ4v) is 4.22. The van der Waals surface area contributed by atoms with Gasteiger partial charge in [-0.2, -0.15) is 0 Å². The minimum Gasteiger partial charge on any atom is -0.340 e. The Morgan fingerprint density at radius 3 is 2.42 bits per heavy atom. The maximum atomic E-state index is 12.4. The molecule has 0 atom stereocenters. The molecule has 0 radical (unpaired) electrons. The van der Waals surface area contributed by atoms with E-state index in [-0.39, 0.29) is 36.9 Å². The van der Waals surface area contributed by atoms with Crippen molar-refractivity contribution >= 4 is 35.1 Å². The van der Waals surface area contributed by atoms with Crippen LogP contribution in [0.2, 0.25) is 5.02 Å². The van der Waals surface area contributed by atoms with Crippen LogP contribution in [0.25, 0.3) is 0 Å². The van der Waals surface area contributed by atoms with Crippen molar-refractivity contribution in [1.82, 2.24) is 20.4 Å². The fraction of sp³-hybridized carbons (Fsp3) is 0.591. The van der Waals surface area contributed by atoms with Crippen LogP contribution in [-0.2, 0) is 9.59 Å². The molecule has 1 heterocycles. The highest BCUT2D eigenvalue weighted by Gasteiger charge is 2.22. The molecule has 2 fully saturated rings. The number of amides is 4. The van der Waals surface area contributed by atoms with E-state index in [0.717, 1.165) is 25.7 Å². The lowest BCUT2D eigenvalue weighted by molar-refractivity contribution is -0.132. The first-order chi connectivity index (χ1) is 15.0. The van der Waals surface area contributed by atoms with Crippen LogP contribution >= 0.6 is 11.6 Å². The van der Waals surface area contributed by atoms with E-state index in [1.165, 1.54) is 6.42 Å². The molecule has 8 nitrogen and oxygen atoms in total. The number of hydrogen-bond acceptors (Lipinski definition) is 4. The zero-order valence-electron chi connectivity index (χ0n) is 17.9. The number of nitrogens with one attached hydrogen (secondary N) is 3. The van der Waals surface area contributed by atoms with Crippen molar-refractivity contribution in [3.8, 4) is 0 Å². The maximum absolute atomic E-state index is 12.4. The Hall–Kier alpha value is -2.32. The average molecular weight is 450 g/mol. The summed E-state index contributed by atoms with van der Waals surface area (Å²) in [5.74, 6) is -0.0980. The number of urea groups is 1. The molecule has 0 unspecified atom stereocenters. The second-order valence-corrected chi connectivity index (χ2v) is 8.58. The Labute approximate surface area is 188 Å². The molecule has 1 aromatic carbocycles. The SMILES string of the molecule is O=C(CN1CCN(C(=O)CCNC(=O)NC2CCCCC2)CC1)Nc1ccccc1Cl. The zero-order valence-corrected chi connectivity index (χ0v) is 18.6. The van der Waals surface area contributed by atoms with E-state index in [1.54, 1.807) is 17.0 Å². The molecule has 31 heavy (non-hydrogen) atoms. The third-order valence-corrected chi connectivity index (χ3v) is 6.13. The van der Waals surface area contributed by atoms with E-state index in [9.17, 15) is 14.4 Å². The van der Waals surface area contributed by atoms with Crippen molar-refractivity contribution in [2.45, 2.75) is 44.6 Å². The van der Waals surface area contributed by atoms with Gasteiger partial charge < -0.3 is 20.9 Å². The first-order valence-corrected chi connectivity index (χ1v) is 11.5. The molecule has 4 amide bonds. The lowest BCUT2D eigenvalue weighted by Gasteiger charge is -2.34. The molecule has 170 valence electrons. The molecular formula is C22H32ClN5O3. The lowest BCUT2D eigenvalue weighted by Crippen LogP contribution is -2.51. The number of halogens is 1. The summed E-state index contributed by atoms with van der Waals surface area (Å²) in [5, 5.41) is 9.11. The molecule has 9 heteroatoms. The predicted octanol–water partition coefficient (Wildman–Crippen LogP) is 2.44. The van der Waals surface area contributed by atoms with Crippen molar-refractivity contribution in [3.63, 3.8) is 0 Å². The van der Waals surface area contributed by atoms with E-state index in [2.05, 4.69) is 16.0 Å². The first kappa shape index (κ1) is 23.3. The van der Waals surface area contributed by atoms with Gasteiger partial charge in [0.2, 0.25) is 11.8 Å². The highest BCUT2D eigenvalue weighted by molar-refractivity contribution is 6.33. The summed E-state index contributed by atoms with van der Waals surface area (Å²) in [6.07, 6.45) is 5.92. The minimum atomic E-state index is -0.186. The molecule has 1 aliphatic heterocycles. The average Bonchev–Trinajstić information content (AvgIpc) is 2.76. The molecule has 3 rings (SSSR count). The molecular weight excluding hydrogens is 418 g/mol. The van der Waals surface area contributed by atoms with Gasteiger partial charge in [0.15, 0.2) is 0 Å². The van der Waals surface area contributed by atoms with Gasteiger partial charge in [-0.15, -0.1) is 0 Å². The summed E-state index contributed by atoms with van der Waals surface area (Å²) in [5.41, 5.74) is 0.600. The minimum absolute atomic E-state index is 0.0261. The summed E-state index contributed by atoms with van der Waals surface area (Å²) in [7, 11) is 0. The largest absolute Gasteiger partial charge is 0.340 e. The number of rotatable bonds is 7. The van der Waals surface area contributed by atoms with Gasteiger partial charge in [-0.25, -0.2) is 4.79 Å². The van der Waals surface area contributed by atoms with Gasteiger partial charge in [-0.3, -0.25) is 14.5 Å².